The summed E-state index contributed by atoms with van der Waals surface area (Å²) in [5.41, 5.74) is 6.74. The molecule has 0 aliphatic carbocycles. The molecule has 0 fully saturated rings. The topological polar surface area (TPSA) is 72.9 Å². The second kappa shape index (κ2) is 5.64. The summed E-state index contributed by atoms with van der Waals surface area (Å²) in [6.07, 6.45) is 1.44. The normalized spacial score (nSPS) is 10.5. The summed E-state index contributed by atoms with van der Waals surface area (Å²) in [6.45, 7) is 0. The van der Waals surface area contributed by atoms with Crippen LogP contribution >= 0.6 is 47.8 Å². The molecule has 19 heavy (non-hydrogen) atoms. The van der Waals surface area contributed by atoms with E-state index in [4.69, 9.17) is 5.73 Å². The van der Waals surface area contributed by atoms with E-state index < -0.39 is 0 Å². The third-order valence-electron chi connectivity index (χ3n) is 2.47. The number of amides is 1. The average molecular weight is 453 g/mol. The molecule has 1 aromatic heterocycles. The number of nitrogens with two attached hydrogens (primary N) is 1. The molecule has 0 spiro atoms. The van der Waals surface area contributed by atoms with Crippen LogP contribution in [0.2, 0.25) is 0 Å². The maximum absolute atomic E-state index is 12.1. The fourth-order valence-corrected chi connectivity index (χ4v) is 3.92. The smallest absolute Gasteiger partial charge is 0.261 e. The molecule has 0 atom stereocenters. The first-order valence-electron chi connectivity index (χ1n) is 5.13. The number of benzene rings is 1. The summed E-state index contributed by atoms with van der Waals surface area (Å²) >= 11 is 10.2. The zero-order valence-corrected chi connectivity index (χ0v) is 14.5. The second-order valence-corrected chi connectivity index (χ2v) is 6.39. The number of nitrogen functional groups attached to an aromatic ring is 1. The molecule has 2 aromatic rings. The molecule has 1 heterocycles. The standard InChI is InChI=1S/C11H9Br3N4O/c1-18-10(15)6(4-16-18)11(19)17-9-7(13)2-5(12)3-8(9)14/h2-4H,15H2,1H3,(H,17,19). The van der Waals surface area contributed by atoms with Crippen LogP contribution in [-0.2, 0) is 7.05 Å². The first-order valence-corrected chi connectivity index (χ1v) is 7.51. The predicted molar refractivity (Wildman–Crippen MR) is 85.1 cm³/mol. The van der Waals surface area contributed by atoms with Gasteiger partial charge >= 0.3 is 0 Å². The minimum Gasteiger partial charge on any atom is -0.383 e. The van der Waals surface area contributed by atoms with Gasteiger partial charge in [-0.25, -0.2) is 0 Å². The quantitative estimate of drug-likeness (QED) is 0.732. The fraction of sp³-hybridized carbons (Fsp3) is 0.0909. The number of carbonyl (C=O) groups excluding carboxylic acids is 1. The van der Waals surface area contributed by atoms with E-state index >= 15 is 0 Å². The Labute approximate surface area is 134 Å². The van der Waals surface area contributed by atoms with Crippen LogP contribution in [0.5, 0.6) is 0 Å². The van der Waals surface area contributed by atoms with E-state index in [9.17, 15) is 4.79 Å². The number of carbonyl (C=O) groups is 1. The summed E-state index contributed by atoms with van der Waals surface area (Å²) < 4.78 is 3.85. The van der Waals surface area contributed by atoms with E-state index in [1.54, 1.807) is 7.05 Å². The highest BCUT2D eigenvalue weighted by atomic mass is 79.9. The van der Waals surface area contributed by atoms with Crippen molar-refractivity contribution in [3.05, 3.63) is 37.3 Å². The van der Waals surface area contributed by atoms with Crippen LogP contribution in [0.3, 0.4) is 0 Å². The molecule has 0 saturated carbocycles. The summed E-state index contributed by atoms with van der Waals surface area (Å²) in [6, 6.07) is 3.68. The number of hydrogen-bond donors (Lipinski definition) is 2. The van der Waals surface area contributed by atoms with Gasteiger partial charge in [0.25, 0.3) is 5.91 Å². The second-order valence-electron chi connectivity index (χ2n) is 3.77. The Morgan fingerprint density at radius 3 is 2.37 bits per heavy atom. The van der Waals surface area contributed by atoms with Crippen molar-refractivity contribution in [1.82, 2.24) is 9.78 Å². The highest BCUT2D eigenvalue weighted by Crippen LogP contribution is 2.34. The first-order chi connectivity index (χ1) is 8.90. The predicted octanol–water partition coefficient (Wildman–Crippen LogP) is 3.54. The zero-order chi connectivity index (χ0) is 14.2. The summed E-state index contributed by atoms with van der Waals surface area (Å²) in [5.74, 6) is 0.0104. The molecule has 0 radical (unpaired) electrons. The molecule has 0 bridgehead atoms. The summed E-state index contributed by atoms with van der Waals surface area (Å²) in [5, 5.41) is 6.73. The zero-order valence-electron chi connectivity index (χ0n) is 9.75. The Kier molecular flexibility index (Phi) is 4.32. The molecule has 1 aromatic carbocycles. The maximum Gasteiger partial charge on any atom is 0.261 e. The van der Waals surface area contributed by atoms with Gasteiger partial charge in [0.2, 0.25) is 0 Å². The van der Waals surface area contributed by atoms with Gasteiger partial charge in [-0.05, 0) is 44.0 Å². The Balaban J connectivity index is 2.32. The van der Waals surface area contributed by atoms with Gasteiger partial charge in [-0.3, -0.25) is 9.48 Å². The third-order valence-corrected chi connectivity index (χ3v) is 4.18. The molecular formula is C11H9Br3N4O. The molecule has 8 heteroatoms. The molecule has 100 valence electrons. The lowest BCUT2D eigenvalue weighted by molar-refractivity contribution is 0.102. The molecule has 0 saturated heterocycles. The van der Waals surface area contributed by atoms with E-state index in [0.717, 1.165) is 13.4 Å². The van der Waals surface area contributed by atoms with Crippen molar-refractivity contribution in [2.45, 2.75) is 0 Å². The third kappa shape index (κ3) is 3.01. The molecule has 0 aliphatic rings. The molecule has 0 unspecified atom stereocenters. The van der Waals surface area contributed by atoms with Gasteiger partial charge in [-0.15, -0.1) is 0 Å². The van der Waals surface area contributed by atoms with E-state index in [1.807, 2.05) is 12.1 Å². The lowest BCUT2D eigenvalue weighted by Gasteiger charge is -2.10. The summed E-state index contributed by atoms with van der Waals surface area (Å²) in [4.78, 5) is 12.1. The number of hydrogen-bond acceptors (Lipinski definition) is 3. The summed E-state index contributed by atoms with van der Waals surface area (Å²) in [7, 11) is 1.68. The van der Waals surface area contributed by atoms with Crippen molar-refractivity contribution >= 4 is 65.2 Å². The SMILES string of the molecule is Cn1ncc(C(=O)Nc2c(Br)cc(Br)cc2Br)c1N. The highest BCUT2D eigenvalue weighted by Gasteiger charge is 2.16. The fourth-order valence-electron chi connectivity index (χ4n) is 1.46. The van der Waals surface area contributed by atoms with E-state index in [2.05, 4.69) is 58.2 Å². The van der Waals surface area contributed by atoms with E-state index in [-0.39, 0.29) is 5.91 Å². The Bertz CT molecular complexity index is 630. The largest absolute Gasteiger partial charge is 0.383 e. The lowest BCUT2D eigenvalue weighted by atomic mass is 10.2. The average Bonchev–Trinajstić information content (AvgIpc) is 2.64. The molecule has 5 nitrogen and oxygen atoms in total. The van der Waals surface area contributed by atoms with Crippen LogP contribution in [0.15, 0.2) is 31.7 Å². The Morgan fingerprint density at radius 2 is 1.89 bits per heavy atom. The Hall–Kier alpha value is -0.860. The molecule has 2 rings (SSSR count). The van der Waals surface area contributed by atoms with Gasteiger partial charge in [0, 0.05) is 20.5 Å². The number of anilines is 2. The van der Waals surface area contributed by atoms with Crippen LogP contribution in [0, 0.1) is 0 Å². The van der Waals surface area contributed by atoms with Gasteiger partial charge in [-0.2, -0.15) is 5.10 Å². The van der Waals surface area contributed by atoms with Crippen molar-refractivity contribution in [2.75, 3.05) is 11.1 Å². The van der Waals surface area contributed by atoms with Crippen molar-refractivity contribution in [2.24, 2.45) is 7.05 Å². The Morgan fingerprint density at radius 1 is 1.32 bits per heavy atom. The van der Waals surface area contributed by atoms with Crippen LogP contribution < -0.4 is 11.1 Å². The van der Waals surface area contributed by atoms with Crippen molar-refractivity contribution < 1.29 is 4.79 Å². The number of aryl methyl sites for hydroxylation is 1. The number of rotatable bonds is 2. The number of aromatic nitrogens is 2. The van der Waals surface area contributed by atoms with Crippen LogP contribution in [0.25, 0.3) is 0 Å². The molecular weight excluding hydrogens is 444 g/mol. The number of nitrogens with one attached hydrogen (secondary N) is 1. The molecule has 0 aliphatic heterocycles. The lowest BCUT2D eigenvalue weighted by Crippen LogP contribution is -2.14. The highest BCUT2D eigenvalue weighted by molar-refractivity contribution is 9.11. The van der Waals surface area contributed by atoms with Crippen molar-refractivity contribution in [1.29, 1.82) is 0 Å². The van der Waals surface area contributed by atoms with Gasteiger partial charge < -0.3 is 11.1 Å². The maximum atomic E-state index is 12.1. The van der Waals surface area contributed by atoms with Gasteiger partial charge in [0.15, 0.2) is 0 Å². The van der Waals surface area contributed by atoms with Gasteiger partial charge in [0.1, 0.15) is 11.4 Å². The number of nitrogens with zero attached hydrogens (tertiary/aromatic N) is 2. The number of halogens is 3. The van der Waals surface area contributed by atoms with Crippen molar-refractivity contribution in [3.8, 4) is 0 Å². The molecule has 1 amide bonds. The van der Waals surface area contributed by atoms with Crippen LogP contribution in [-0.4, -0.2) is 15.7 Å². The minimum atomic E-state index is -0.311. The minimum absolute atomic E-state index is 0.311. The van der Waals surface area contributed by atoms with E-state index in [1.165, 1.54) is 10.9 Å². The monoisotopic (exact) mass is 450 g/mol. The van der Waals surface area contributed by atoms with Gasteiger partial charge in [-0.1, -0.05) is 15.9 Å². The molecule has 3 N–H and O–H groups in total. The van der Waals surface area contributed by atoms with Gasteiger partial charge in [0.05, 0.1) is 11.9 Å². The van der Waals surface area contributed by atoms with Crippen LogP contribution in [0.1, 0.15) is 10.4 Å². The first kappa shape index (κ1) is 14.5. The van der Waals surface area contributed by atoms with Crippen molar-refractivity contribution in [3.63, 3.8) is 0 Å². The van der Waals surface area contributed by atoms with E-state index in [0.29, 0.717) is 17.1 Å². The van der Waals surface area contributed by atoms with Crippen LogP contribution in [0.4, 0.5) is 11.5 Å².